The summed E-state index contributed by atoms with van der Waals surface area (Å²) in [5.41, 5.74) is 7.98. The third-order valence-corrected chi connectivity index (χ3v) is 5.33. The van der Waals surface area contributed by atoms with Crippen molar-refractivity contribution in [3.8, 4) is 11.5 Å². The van der Waals surface area contributed by atoms with Crippen LogP contribution in [0.5, 0.6) is 11.5 Å². The lowest BCUT2D eigenvalue weighted by molar-refractivity contribution is 0.0531. The SMILES string of the molecule is COc1ccc(NC(N)=NCC2(c3cccc(Cl)c3)CCOCC2)cc1OC.I. The molecule has 0 saturated carbocycles. The molecule has 1 saturated heterocycles. The quantitative estimate of drug-likeness (QED) is 0.327. The molecule has 0 bridgehead atoms. The highest BCUT2D eigenvalue weighted by Gasteiger charge is 2.34. The maximum absolute atomic E-state index is 6.22. The number of methoxy groups -OCH3 is 2. The maximum atomic E-state index is 6.22. The second kappa shape index (κ2) is 10.9. The summed E-state index contributed by atoms with van der Waals surface area (Å²) in [7, 11) is 3.20. The Morgan fingerprint density at radius 1 is 1.14 bits per heavy atom. The first kappa shape index (κ1) is 23.6. The number of benzene rings is 2. The molecule has 0 atom stereocenters. The molecule has 1 aliphatic rings. The van der Waals surface area contributed by atoms with Crippen LogP contribution in [0.15, 0.2) is 47.5 Å². The number of nitrogens with zero attached hydrogens (tertiary/aromatic N) is 1. The van der Waals surface area contributed by atoms with Gasteiger partial charge >= 0.3 is 0 Å². The fourth-order valence-electron chi connectivity index (χ4n) is 3.46. The Balaban J connectivity index is 0.00000300. The molecule has 8 heteroatoms. The van der Waals surface area contributed by atoms with Crippen LogP contribution in [-0.2, 0) is 10.2 Å². The molecule has 0 amide bonds. The number of rotatable bonds is 6. The number of nitrogens with one attached hydrogen (secondary N) is 1. The Hall–Kier alpha value is -1.71. The molecule has 158 valence electrons. The number of nitrogens with two attached hydrogens (primary N) is 1. The van der Waals surface area contributed by atoms with Crippen LogP contribution in [0.3, 0.4) is 0 Å². The summed E-state index contributed by atoms with van der Waals surface area (Å²) in [6.45, 7) is 1.96. The van der Waals surface area contributed by atoms with E-state index in [1.54, 1.807) is 14.2 Å². The largest absolute Gasteiger partial charge is 0.493 e. The van der Waals surface area contributed by atoms with E-state index < -0.39 is 0 Å². The number of hydrogen-bond acceptors (Lipinski definition) is 4. The zero-order valence-electron chi connectivity index (χ0n) is 16.6. The van der Waals surface area contributed by atoms with E-state index in [2.05, 4.69) is 16.4 Å². The minimum Gasteiger partial charge on any atom is -0.493 e. The molecule has 1 heterocycles. The van der Waals surface area contributed by atoms with Gasteiger partial charge in [0.25, 0.3) is 0 Å². The van der Waals surface area contributed by atoms with Crippen molar-refractivity contribution in [2.24, 2.45) is 10.7 Å². The minimum absolute atomic E-state index is 0. The molecule has 2 aromatic carbocycles. The van der Waals surface area contributed by atoms with Gasteiger partial charge in [-0.25, -0.2) is 0 Å². The summed E-state index contributed by atoms with van der Waals surface area (Å²) in [6.07, 6.45) is 1.75. The van der Waals surface area contributed by atoms with E-state index in [4.69, 9.17) is 31.5 Å². The Bertz CT molecular complexity index is 842. The van der Waals surface area contributed by atoms with Crippen molar-refractivity contribution in [1.82, 2.24) is 0 Å². The molecule has 0 unspecified atom stereocenters. The normalized spacial score (nSPS) is 15.9. The van der Waals surface area contributed by atoms with E-state index >= 15 is 0 Å². The van der Waals surface area contributed by atoms with Crippen molar-refractivity contribution < 1.29 is 14.2 Å². The number of guanidine groups is 1. The lowest BCUT2D eigenvalue weighted by atomic mass is 9.74. The molecule has 6 nitrogen and oxygen atoms in total. The summed E-state index contributed by atoms with van der Waals surface area (Å²) in [5, 5.41) is 3.85. The zero-order chi connectivity index (χ0) is 20.0. The molecule has 0 aromatic heterocycles. The highest BCUT2D eigenvalue weighted by molar-refractivity contribution is 14.0. The van der Waals surface area contributed by atoms with Crippen molar-refractivity contribution in [3.05, 3.63) is 53.1 Å². The maximum Gasteiger partial charge on any atom is 0.193 e. The standard InChI is InChI=1S/C21H26ClN3O3.HI/c1-26-18-7-6-17(13-19(18)27-2)25-20(23)24-14-21(8-10-28-11-9-21)15-4-3-5-16(22)12-15;/h3-7,12-13H,8-11,14H2,1-2H3,(H3,23,24,25);1H. The second-order valence-corrected chi connectivity index (χ2v) is 7.24. The predicted molar refractivity (Wildman–Crippen MR) is 128 cm³/mol. The molecule has 0 spiro atoms. The van der Waals surface area contributed by atoms with Crippen molar-refractivity contribution in [2.45, 2.75) is 18.3 Å². The van der Waals surface area contributed by atoms with Crippen LogP contribution < -0.4 is 20.5 Å². The number of anilines is 1. The number of ether oxygens (including phenoxy) is 3. The van der Waals surface area contributed by atoms with Crippen LogP contribution in [-0.4, -0.2) is 39.9 Å². The van der Waals surface area contributed by atoms with Gasteiger partial charge in [0.1, 0.15) is 0 Å². The number of hydrogen-bond donors (Lipinski definition) is 2. The van der Waals surface area contributed by atoms with Crippen molar-refractivity contribution >= 4 is 47.2 Å². The molecule has 3 rings (SSSR count). The van der Waals surface area contributed by atoms with E-state index in [0.717, 1.165) is 23.6 Å². The smallest absolute Gasteiger partial charge is 0.193 e. The average molecular weight is 532 g/mol. The Kier molecular flexibility index (Phi) is 8.85. The van der Waals surface area contributed by atoms with Crippen LogP contribution in [0.25, 0.3) is 0 Å². The molecular weight excluding hydrogens is 505 g/mol. The molecule has 1 fully saturated rings. The zero-order valence-corrected chi connectivity index (χ0v) is 19.7. The van der Waals surface area contributed by atoms with Crippen LogP contribution in [0.4, 0.5) is 5.69 Å². The topological polar surface area (TPSA) is 78.1 Å². The monoisotopic (exact) mass is 531 g/mol. The summed E-state index contributed by atoms with van der Waals surface area (Å²) in [5.74, 6) is 1.63. The van der Waals surface area contributed by atoms with Gasteiger partial charge in [0.05, 0.1) is 20.8 Å². The Morgan fingerprint density at radius 2 is 1.86 bits per heavy atom. The first-order chi connectivity index (χ1) is 13.6. The van der Waals surface area contributed by atoms with Crippen LogP contribution >= 0.6 is 35.6 Å². The summed E-state index contributed by atoms with van der Waals surface area (Å²) in [4.78, 5) is 4.63. The lowest BCUT2D eigenvalue weighted by Gasteiger charge is -2.36. The van der Waals surface area contributed by atoms with Gasteiger partial charge in [0, 0.05) is 35.4 Å². The highest BCUT2D eigenvalue weighted by Crippen LogP contribution is 2.36. The Labute approximate surface area is 193 Å². The van der Waals surface area contributed by atoms with Crippen LogP contribution in [0.1, 0.15) is 18.4 Å². The van der Waals surface area contributed by atoms with E-state index in [0.29, 0.717) is 37.2 Å². The van der Waals surface area contributed by atoms with Crippen molar-refractivity contribution in [1.29, 1.82) is 0 Å². The average Bonchev–Trinajstić information content (AvgIpc) is 2.73. The summed E-state index contributed by atoms with van der Waals surface area (Å²) >= 11 is 6.22. The van der Waals surface area contributed by atoms with Crippen molar-refractivity contribution in [3.63, 3.8) is 0 Å². The molecule has 1 aliphatic heterocycles. The molecule has 3 N–H and O–H groups in total. The fourth-order valence-corrected chi connectivity index (χ4v) is 3.65. The van der Waals surface area contributed by atoms with Gasteiger partial charge in [0.2, 0.25) is 0 Å². The van der Waals surface area contributed by atoms with Gasteiger partial charge in [0.15, 0.2) is 17.5 Å². The Morgan fingerprint density at radius 3 is 2.52 bits per heavy atom. The molecular formula is C21H27ClIN3O3. The lowest BCUT2D eigenvalue weighted by Crippen LogP contribution is -2.38. The van der Waals surface area contributed by atoms with Gasteiger partial charge < -0.3 is 25.3 Å². The molecule has 2 aromatic rings. The molecule has 0 aliphatic carbocycles. The number of halogens is 2. The van der Waals surface area contributed by atoms with E-state index in [1.807, 2.05) is 36.4 Å². The highest BCUT2D eigenvalue weighted by atomic mass is 127. The molecule has 29 heavy (non-hydrogen) atoms. The first-order valence-corrected chi connectivity index (χ1v) is 9.57. The van der Waals surface area contributed by atoms with Gasteiger partial charge in [-0.1, -0.05) is 23.7 Å². The third-order valence-electron chi connectivity index (χ3n) is 5.09. The van der Waals surface area contributed by atoms with E-state index in [-0.39, 0.29) is 29.4 Å². The molecule has 0 radical (unpaired) electrons. The van der Waals surface area contributed by atoms with Gasteiger partial charge in [-0.15, -0.1) is 24.0 Å². The minimum atomic E-state index is -0.132. The van der Waals surface area contributed by atoms with Crippen LogP contribution in [0, 0.1) is 0 Å². The third kappa shape index (κ3) is 5.90. The number of aliphatic imine (C=N–C) groups is 1. The van der Waals surface area contributed by atoms with E-state index in [1.165, 1.54) is 5.56 Å². The second-order valence-electron chi connectivity index (χ2n) is 6.80. The first-order valence-electron chi connectivity index (χ1n) is 9.19. The van der Waals surface area contributed by atoms with Gasteiger partial charge in [-0.05, 0) is 42.7 Å². The van der Waals surface area contributed by atoms with Crippen molar-refractivity contribution in [2.75, 3.05) is 39.3 Å². The van der Waals surface area contributed by atoms with Gasteiger partial charge in [-0.3, -0.25) is 4.99 Å². The van der Waals surface area contributed by atoms with E-state index in [9.17, 15) is 0 Å². The fraction of sp³-hybridized carbons (Fsp3) is 0.381. The predicted octanol–water partition coefficient (Wildman–Crippen LogP) is 4.45. The van der Waals surface area contributed by atoms with Gasteiger partial charge in [-0.2, -0.15) is 0 Å². The summed E-state index contributed by atoms with van der Waals surface area (Å²) < 4.78 is 16.2. The van der Waals surface area contributed by atoms with Crippen LogP contribution in [0.2, 0.25) is 5.02 Å². The summed E-state index contributed by atoms with van der Waals surface area (Å²) in [6, 6.07) is 13.5.